The number of amides is 1. The minimum atomic E-state index is -0.280. The van der Waals surface area contributed by atoms with Crippen molar-refractivity contribution in [3.8, 4) is 5.69 Å². The van der Waals surface area contributed by atoms with Gasteiger partial charge < -0.3 is 14.7 Å². The minimum Gasteiger partial charge on any atom is -0.354 e. The van der Waals surface area contributed by atoms with Crippen LogP contribution in [0.1, 0.15) is 52.3 Å². The Bertz CT molecular complexity index is 931. The van der Waals surface area contributed by atoms with Crippen molar-refractivity contribution in [1.82, 2.24) is 19.6 Å². The number of carbonyl (C=O) groups is 1. The number of hydrogen-bond acceptors (Lipinski definition) is 4. The van der Waals surface area contributed by atoms with E-state index in [4.69, 9.17) is 5.10 Å². The number of likely N-dealkylation sites (N-methyl/N-ethyl adjacent to an activating group) is 1. The summed E-state index contributed by atoms with van der Waals surface area (Å²) in [7, 11) is 0. The van der Waals surface area contributed by atoms with Crippen LogP contribution in [0.2, 0.25) is 0 Å². The van der Waals surface area contributed by atoms with Gasteiger partial charge in [-0.25, -0.2) is 9.07 Å². The maximum atomic E-state index is 14.1. The van der Waals surface area contributed by atoms with Crippen molar-refractivity contribution in [3.63, 3.8) is 0 Å². The Labute approximate surface area is 198 Å². The molecule has 3 rings (SSSR count). The summed E-state index contributed by atoms with van der Waals surface area (Å²) in [6.45, 7) is 18.6. The molecular weight excluding hydrogens is 417 g/mol. The average Bonchev–Trinajstić information content (AvgIpc) is 3.08. The van der Waals surface area contributed by atoms with Crippen LogP contribution in [0, 0.1) is 24.6 Å². The second kappa shape index (κ2) is 11.1. The van der Waals surface area contributed by atoms with Crippen LogP contribution in [0.5, 0.6) is 0 Å². The molecule has 0 unspecified atom stereocenters. The van der Waals surface area contributed by atoms with Gasteiger partial charge in [-0.1, -0.05) is 40.7 Å². The fourth-order valence-electron chi connectivity index (χ4n) is 4.49. The second-order valence-corrected chi connectivity index (χ2v) is 9.97. The van der Waals surface area contributed by atoms with E-state index in [1.54, 1.807) is 6.07 Å². The smallest absolute Gasteiger partial charge is 0.223 e. The first-order valence-corrected chi connectivity index (χ1v) is 12.3. The van der Waals surface area contributed by atoms with Gasteiger partial charge in [0.05, 0.1) is 17.9 Å². The van der Waals surface area contributed by atoms with Gasteiger partial charge in [0.15, 0.2) is 0 Å². The summed E-state index contributed by atoms with van der Waals surface area (Å²) in [4.78, 5) is 19.9. The SMILES string of the molecule is CCN1CCN(c2c(CN(CC(C)C)C(=O)CC(C)C)c(C)nn2-c2cccc(F)c2)CC1. The topological polar surface area (TPSA) is 44.6 Å². The number of carbonyl (C=O) groups excluding carboxylic acids is 1. The van der Waals surface area contributed by atoms with Crippen LogP contribution < -0.4 is 4.90 Å². The molecule has 2 aromatic rings. The molecule has 0 spiro atoms. The summed E-state index contributed by atoms with van der Waals surface area (Å²) in [5, 5.41) is 4.85. The standard InChI is InChI=1S/C26H40FN5O/c1-7-29-11-13-30(14-12-29)26-24(18-31(17-20(4)5)25(33)15-19(2)3)21(6)28-32(26)23-10-8-9-22(27)16-23/h8-10,16,19-20H,7,11-15,17-18H2,1-6H3. The van der Waals surface area contributed by atoms with E-state index >= 15 is 0 Å². The quantitative estimate of drug-likeness (QED) is 0.556. The van der Waals surface area contributed by atoms with Gasteiger partial charge >= 0.3 is 0 Å². The van der Waals surface area contributed by atoms with Crippen LogP contribution in [0.4, 0.5) is 10.2 Å². The molecular formula is C26H40FN5O. The van der Waals surface area contributed by atoms with Gasteiger partial charge in [0, 0.05) is 44.7 Å². The zero-order valence-electron chi connectivity index (χ0n) is 21.1. The third kappa shape index (κ3) is 6.34. The number of rotatable bonds is 9. The molecule has 33 heavy (non-hydrogen) atoms. The first-order valence-electron chi connectivity index (χ1n) is 12.3. The summed E-state index contributed by atoms with van der Waals surface area (Å²) >= 11 is 0. The summed E-state index contributed by atoms with van der Waals surface area (Å²) in [5.74, 6) is 1.57. The Balaban J connectivity index is 2.03. The molecule has 0 aliphatic carbocycles. The first-order chi connectivity index (χ1) is 15.7. The van der Waals surface area contributed by atoms with Crippen molar-refractivity contribution in [2.45, 2.75) is 54.5 Å². The first kappa shape index (κ1) is 25.2. The normalized spacial score (nSPS) is 15.0. The van der Waals surface area contributed by atoms with E-state index in [0.717, 1.165) is 49.8 Å². The number of halogens is 1. The number of anilines is 1. The molecule has 1 aliphatic rings. The number of piperazine rings is 1. The molecule has 6 nitrogen and oxygen atoms in total. The summed E-state index contributed by atoms with van der Waals surface area (Å²) < 4.78 is 16.0. The van der Waals surface area contributed by atoms with E-state index in [9.17, 15) is 9.18 Å². The van der Waals surface area contributed by atoms with Crippen molar-refractivity contribution in [2.24, 2.45) is 11.8 Å². The van der Waals surface area contributed by atoms with Crippen molar-refractivity contribution < 1.29 is 9.18 Å². The number of aromatic nitrogens is 2. The monoisotopic (exact) mass is 457 g/mol. The van der Waals surface area contributed by atoms with Gasteiger partial charge in [0.1, 0.15) is 11.6 Å². The van der Waals surface area contributed by atoms with Crippen LogP contribution in [0.3, 0.4) is 0 Å². The molecule has 0 bridgehead atoms. The van der Waals surface area contributed by atoms with E-state index in [0.29, 0.717) is 37.0 Å². The number of hydrogen-bond donors (Lipinski definition) is 0. The molecule has 1 amide bonds. The molecule has 1 aliphatic heterocycles. The molecule has 182 valence electrons. The second-order valence-electron chi connectivity index (χ2n) is 9.97. The molecule has 1 aromatic carbocycles. The molecule has 0 saturated carbocycles. The van der Waals surface area contributed by atoms with E-state index in [2.05, 4.69) is 44.4 Å². The molecule has 7 heteroatoms. The summed E-state index contributed by atoms with van der Waals surface area (Å²) in [6.07, 6.45) is 0.536. The number of benzene rings is 1. The molecule has 0 radical (unpaired) electrons. The van der Waals surface area contributed by atoms with E-state index in [1.807, 2.05) is 22.6 Å². The van der Waals surface area contributed by atoms with Gasteiger partial charge in [0.2, 0.25) is 5.91 Å². The van der Waals surface area contributed by atoms with E-state index < -0.39 is 0 Å². The zero-order chi connectivity index (χ0) is 24.1. The Hall–Kier alpha value is -2.41. The maximum Gasteiger partial charge on any atom is 0.223 e. The molecule has 1 saturated heterocycles. The van der Waals surface area contributed by atoms with Gasteiger partial charge in [-0.05, 0) is 43.5 Å². The maximum absolute atomic E-state index is 14.1. The highest BCUT2D eigenvalue weighted by atomic mass is 19.1. The largest absolute Gasteiger partial charge is 0.354 e. The van der Waals surface area contributed by atoms with E-state index in [-0.39, 0.29) is 11.7 Å². The van der Waals surface area contributed by atoms with Crippen molar-refractivity contribution in [2.75, 3.05) is 44.2 Å². The molecule has 2 heterocycles. The lowest BCUT2D eigenvalue weighted by atomic mass is 10.1. The van der Waals surface area contributed by atoms with Gasteiger partial charge in [-0.2, -0.15) is 5.10 Å². The number of aryl methyl sites for hydroxylation is 1. The molecule has 1 fully saturated rings. The third-order valence-electron chi connectivity index (χ3n) is 6.20. The lowest BCUT2D eigenvalue weighted by Gasteiger charge is -2.36. The van der Waals surface area contributed by atoms with Crippen LogP contribution in [0.25, 0.3) is 5.69 Å². The van der Waals surface area contributed by atoms with Crippen molar-refractivity contribution >= 4 is 11.7 Å². The Kier molecular flexibility index (Phi) is 8.51. The summed E-state index contributed by atoms with van der Waals surface area (Å²) in [6, 6.07) is 6.59. The molecule has 1 aromatic heterocycles. The lowest BCUT2D eigenvalue weighted by Crippen LogP contribution is -2.47. The Morgan fingerprint density at radius 1 is 1.12 bits per heavy atom. The van der Waals surface area contributed by atoms with Crippen LogP contribution in [-0.2, 0) is 11.3 Å². The Morgan fingerprint density at radius 3 is 2.39 bits per heavy atom. The number of nitrogens with zero attached hydrogens (tertiary/aromatic N) is 5. The lowest BCUT2D eigenvalue weighted by molar-refractivity contribution is -0.133. The highest BCUT2D eigenvalue weighted by Crippen LogP contribution is 2.30. The van der Waals surface area contributed by atoms with Crippen LogP contribution in [0.15, 0.2) is 24.3 Å². The average molecular weight is 458 g/mol. The Morgan fingerprint density at radius 2 is 1.82 bits per heavy atom. The highest BCUT2D eigenvalue weighted by molar-refractivity contribution is 5.76. The van der Waals surface area contributed by atoms with Crippen LogP contribution >= 0.6 is 0 Å². The van der Waals surface area contributed by atoms with Crippen molar-refractivity contribution in [1.29, 1.82) is 0 Å². The van der Waals surface area contributed by atoms with Crippen molar-refractivity contribution in [3.05, 3.63) is 41.3 Å². The van der Waals surface area contributed by atoms with Crippen LogP contribution in [-0.4, -0.2) is 64.8 Å². The fraction of sp³-hybridized carbons (Fsp3) is 0.615. The van der Waals surface area contributed by atoms with Gasteiger partial charge in [0.25, 0.3) is 0 Å². The minimum absolute atomic E-state index is 0.179. The third-order valence-corrected chi connectivity index (χ3v) is 6.20. The predicted molar refractivity (Wildman–Crippen MR) is 132 cm³/mol. The molecule has 0 N–H and O–H groups in total. The highest BCUT2D eigenvalue weighted by Gasteiger charge is 2.28. The molecule has 0 atom stereocenters. The van der Waals surface area contributed by atoms with Gasteiger partial charge in [-0.15, -0.1) is 0 Å². The zero-order valence-corrected chi connectivity index (χ0v) is 21.1. The summed E-state index contributed by atoms with van der Waals surface area (Å²) in [5.41, 5.74) is 2.65. The predicted octanol–water partition coefficient (Wildman–Crippen LogP) is 4.49. The van der Waals surface area contributed by atoms with E-state index in [1.165, 1.54) is 12.1 Å². The van der Waals surface area contributed by atoms with Gasteiger partial charge in [-0.3, -0.25) is 4.79 Å². The fourth-order valence-corrected chi connectivity index (χ4v) is 4.49.